The van der Waals surface area contributed by atoms with Crippen LogP contribution in [-0.2, 0) is 11.3 Å². The Bertz CT molecular complexity index is 561. The third-order valence-corrected chi connectivity index (χ3v) is 2.61. The van der Waals surface area contributed by atoms with Gasteiger partial charge in [0.05, 0.1) is 12.7 Å². The Balaban J connectivity index is 1.98. The van der Waals surface area contributed by atoms with Crippen LogP contribution in [-0.4, -0.2) is 18.2 Å². The number of carbonyl (C=O) groups excluding carboxylic acids is 1. The summed E-state index contributed by atoms with van der Waals surface area (Å²) in [5.74, 6) is 0.408. The SMILES string of the molecule is COc1cccc(COC(=O)c2ccc(O)cc2)c1. The average molecular weight is 258 g/mol. The van der Waals surface area contributed by atoms with Crippen molar-refractivity contribution in [1.82, 2.24) is 0 Å². The van der Waals surface area contributed by atoms with Crippen molar-refractivity contribution in [2.24, 2.45) is 0 Å². The number of rotatable bonds is 4. The molecule has 0 heterocycles. The fourth-order valence-electron chi connectivity index (χ4n) is 1.59. The van der Waals surface area contributed by atoms with Crippen LogP contribution >= 0.6 is 0 Å². The van der Waals surface area contributed by atoms with Gasteiger partial charge in [0.1, 0.15) is 18.1 Å². The number of methoxy groups -OCH3 is 1. The normalized spacial score (nSPS) is 9.95. The standard InChI is InChI=1S/C15H14O4/c1-18-14-4-2-3-11(9-14)10-19-15(17)12-5-7-13(16)8-6-12/h2-9,16H,10H2,1H3. The van der Waals surface area contributed by atoms with Crippen LogP contribution in [0.3, 0.4) is 0 Å². The number of benzene rings is 2. The molecule has 4 heteroatoms. The number of hydrogen-bond donors (Lipinski definition) is 1. The molecule has 0 radical (unpaired) electrons. The summed E-state index contributed by atoms with van der Waals surface area (Å²) in [7, 11) is 1.58. The van der Waals surface area contributed by atoms with E-state index in [0.717, 1.165) is 11.3 Å². The molecule has 0 bridgehead atoms. The number of ether oxygens (including phenoxy) is 2. The largest absolute Gasteiger partial charge is 0.508 e. The lowest BCUT2D eigenvalue weighted by atomic mass is 10.2. The fourth-order valence-corrected chi connectivity index (χ4v) is 1.59. The molecule has 0 aliphatic heterocycles. The van der Waals surface area contributed by atoms with E-state index < -0.39 is 5.97 Å². The predicted molar refractivity (Wildman–Crippen MR) is 70.2 cm³/mol. The van der Waals surface area contributed by atoms with Gasteiger partial charge in [0.2, 0.25) is 0 Å². The van der Waals surface area contributed by atoms with E-state index in [1.54, 1.807) is 7.11 Å². The summed E-state index contributed by atoms with van der Waals surface area (Å²) in [5, 5.41) is 9.14. The second kappa shape index (κ2) is 5.91. The molecule has 0 saturated carbocycles. The van der Waals surface area contributed by atoms with Gasteiger partial charge in [0, 0.05) is 0 Å². The highest BCUT2D eigenvalue weighted by Crippen LogP contribution is 2.15. The molecule has 0 atom stereocenters. The van der Waals surface area contributed by atoms with Crippen molar-refractivity contribution >= 4 is 5.97 Å². The molecule has 0 aromatic heterocycles. The van der Waals surface area contributed by atoms with E-state index in [1.807, 2.05) is 24.3 Å². The molecular formula is C15H14O4. The molecule has 0 unspecified atom stereocenters. The molecule has 2 aromatic rings. The number of carbonyl (C=O) groups is 1. The Hall–Kier alpha value is -2.49. The van der Waals surface area contributed by atoms with E-state index in [-0.39, 0.29) is 12.4 Å². The molecule has 0 amide bonds. The average Bonchev–Trinajstić information content (AvgIpc) is 2.46. The first-order valence-electron chi connectivity index (χ1n) is 5.78. The first-order valence-corrected chi connectivity index (χ1v) is 5.78. The van der Waals surface area contributed by atoms with Crippen molar-refractivity contribution in [3.8, 4) is 11.5 Å². The van der Waals surface area contributed by atoms with E-state index >= 15 is 0 Å². The van der Waals surface area contributed by atoms with Gasteiger partial charge in [0.25, 0.3) is 0 Å². The second-order valence-corrected chi connectivity index (χ2v) is 3.97. The van der Waals surface area contributed by atoms with Gasteiger partial charge in [-0.3, -0.25) is 0 Å². The molecule has 1 N–H and O–H groups in total. The Morgan fingerprint density at radius 2 is 1.89 bits per heavy atom. The Morgan fingerprint density at radius 3 is 2.58 bits per heavy atom. The van der Waals surface area contributed by atoms with Gasteiger partial charge in [-0.15, -0.1) is 0 Å². The highest BCUT2D eigenvalue weighted by Gasteiger charge is 2.07. The van der Waals surface area contributed by atoms with Crippen molar-refractivity contribution in [2.45, 2.75) is 6.61 Å². The number of aromatic hydroxyl groups is 1. The molecule has 19 heavy (non-hydrogen) atoms. The van der Waals surface area contributed by atoms with E-state index in [4.69, 9.17) is 14.6 Å². The van der Waals surface area contributed by atoms with Crippen molar-refractivity contribution < 1.29 is 19.4 Å². The summed E-state index contributed by atoms with van der Waals surface area (Å²) in [6.45, 7) is 0.177. The van der Waals surface area contributed by atoms with Gasteiger partial charge < -0.3 is 14.6 Å². The van der Waals surface area contributed by atoms with E-state index in [2.05, 4.69) is 0 Å². The minimum Gasteiger partial charge on any atom is -0.508 e. The molecular weight excluding hydrogens is 244 g/mol. The third-order valence-electron chi connectivity index (χ3n) is 2.61. The van der Waals surface area contributed by atoms with Gasteiger partial charge in [0.15, 0.2) is 0 Å². The lowest BCUT2D eigenvalue weighted by Gasteiger charge is -2.06. The summed E-state index contributed by atoms with van der Waals surface area (Å²) >= 11 is 0. The minimum absolute atomic E-state index is 0.115. The minimum atomic E-state index is -0.428. The quantitative estimate of drug-likeness (QED) is 0.857. The third kappa shape index (κ3) is 3.48. The van der Waals surface area contributed by atoms with Gasteiger partial charge >= 0.3 is 5.97 Å². The number of phenols is 1. The van der Waals surface area contributed by atoms with E-state index in [0.29, 0.717) is 5.56 Å². The zero-order chi connectivity index (χ0) is 13.7. The summed E-state index contributed by atoms with van der Waals surface area (Å²) in [6, 6.07) is 13.3. The van der Waals surface area contributed by atoms with Crippen molar-refractivity contribution in [3.05, 3.63) is 59.7 Å². The van der Waals surface area contributed by atoms with Gasteiger partial charge in [-0.2, -0.15) is 0 Å². The molecule has 0 aliphatic carbocycles. The maximum Gasteiger partial charge on any atom is 0.338 e. The molecule has 0 fully saturated rings. The number of hydrogen-bond acceptors (Lipinski definition) is 4. The summed E-state index contributed by atoms with van der Waals surface area (Å²) in [4.78, 5) is 11.7. The van der Waals surface area contributed by atoms with Crippen LogP contribution in [0.1, 0.15) is 15.9 Å². The van der Waals surface area contributed by atoms with Crippen LogP contribution in [0.2, 0.25) is 0 Å². The van der Waals surface area contributed by atoms with Gasteiger partial charge in [-0.05, 0) is 42.0 Å². The van der Waals surface area contributed by atoms with Crippen LogP contribution in [0.15, 0.2) is 48.5 Å². The van der Waals surface area contributed by atoms with Gasteiger partial charge in [-0.25, -0.2) is 4.79 Å². The topological polar surface area (TPSA) is 55.8 Å². The Labute approximate surface area is 111 Å². The lowest BCUT2D eigenvalue weighted by molar-refractivity contribution is 0.0472. The number of phenolic OH excluding ortho intramolecular Hbond substituents is 1. The van der Waals surface area contributed by atoms with E-state index in [9.17, 15) is 4.79 Å². The molecule has 0 aliphatic rings. The van der Waals surface area contributed by atoms with Crippen LogP contribution in [0.25, 0.3) is 0 Å². The smallest absolute Gasteiger partial charge is 0.338 e. The molecule has 0 spiro atoms. The first-order chi connectivity index (χ1) is 9.19. The molecule has 0 saturated heterocycles. The zero-order valence-electron chi connectivity index (χ0n) is 10.5. The first kappa shape index (κ1) is 13.0. The second-order valence-electron chi connectivity index (χ2n) is 3.97. The summed E-state index contributed by atoms with van der Waals surface area (Å²) in [6.07, 6.45) is 0. The van der Waals surface area contributed by atoms with Crippen molar-refractivity contribution in [3.63, 3.8) is 0 Å². The predicted octanol–water partition coefficient (Wildman–Crippen LogP) is 2.76. The fraction of sp³-hybridized carbons (Fsp3) is 0.133. The number of esters is 1. The molecule has 2 rings (SSSR count). The highest BCUT2D eigenvalue weighted by molar-refractivity contribution is 5.89. The Morgan fingerprint density at radius 1 is 1.16 bits per heavy atom. The summed E-state index contributed by atoms with van der Waals surface area (Å²) in [5.41, 5.74) is 1.26. The molecule has 98 valence electrons. The van der Waals surface area contributed by atoms with Crippen LogP contribution in [0.4, 0.5) is 0 Å². The maximum atomic E-state index is 11.7. The highest BCUT2D eigenvalue weighted by atomic mass is 16.5. The monoisotopic (exact) mass is 258 g/mol. The molecule has 2 aromatic carbocycles. The van der Waals surface area contributed by atoms with Crippen molar-refractivity contribution in [2.75, 3.05) is 7.11 Å². The van der Waals surface area contributed by atoms with Gasteiger partial charge in [-0.1, -0.05) is 12.1 Å². The molecule has 4 nitrogen and oxygen atoms in total. The zero-order valence-corrected chi connectivity index (χ0v) is 10.5. The van der Waals surface area contributed by atoms with Crippen LogP contribution < -0.4 is 4.74 Å². The van der Waals surface area contributed by atoms with E-state index in [1.165, 1.54) is 24.3 Å². The Kier molecular flexibility index (Phi) is 4.03. The van der Waals surface area contributed by atoms with Crippen LogP contribution in [0.5, 0.6) is 11.5 Å². The van der Waals surface area contributed by atoms with Crippen LogP contribution in [0, 0.1) is 0 Å². The maximum absolute atomic E-state index is 11.7. The summed E-state index contributed by atoms with van der Waals surface area (Å²) < 4.78 is 10.3. The lowest BCUT2D eigenvalue weighted by Crippen LogP contribution is -2.05. The van der Waals surface area contributed by atoms with Crippen molar-refractivity contribution in [1.29, 1.82) is 0 Å².